The van der Waals surface area contributed by atoms with Gasteiger partial charge in [0.2, 0.25) is 0 Å². The summed E-state index contributed by atoms with van der Waals surface area (Å²) in [7, 11) is 0. The number of nitrogens with one attached hydrogen (secondary N) is 1. The molecule has 4 N–H and O–H groups in total. The summed E-state index contributed by atoms with van der Waals surface area (Å²) in [5.41, 5.74) is 0.319. The molecule has 82 valence electrons. The number of morpholine rings is 1. The van der Waals surface area contributed by atoms with E-state index in [4.69, 9.17) is 9.84 Å². The predicted octanol–water partition coefficient (Wildman–Crippen LogP) is 0.464. The van der Waals surface area contributed by atoms with Crippen LogP contribution in [0, 0.1) is 0 Å². The fourth-order valence-electron chi connectivity index (χ4n) is 1.69. The van der Waals surface area contributed by atoms with Crippen molar-refractivity contribution in [3.05, 3.63) is 17.7 Å². The molecule has 5 nitrogen and oxygen atoms in total. The van der Waals surface area contributed by atoms with Gasteiger partial charge in [0.15, 0.2) is 0 Å². The van der Waals surface area contributed by atoms with E-state index in [0.29, 0.717) is 18.7 Å². The zero-order valence-corrected chi connectivity index (χ0v) is 8.10. The molecule has 1 aromatic rings. The van der Waals surface area contributed by atoms with E-state index in [-0.39, 0.29) is 23.4 Å². The molecule has 1 aromatic carbocycles. The topological polar surface area (TPSA) is 82.0 Å². The number of benzene rings is 1. The van der Waals surface area contributed by atoms with Crippen LogP contribution >= 0.6 is 0 Å². The number of phenolic OH excluding ortho intramolecular Hbond substituents is 3. The number of aromatic hydroxyl groups is 3. The van der Waals surface area contributed by atoms with Gasteiger partial charge in [-0.2, -0.15) is 0 Å². The molecule has 1 fully saturated rings. The van der Waals surface area contributed by atoms with Crippen LogP contribution in [-0.4, -0.2) is 35.0 Å². The number of hydrogen-bond acceptors (Lipinski definition) is 5. The first-order chi connectivity index (χ1) is 7.18. The van der Waals surface area contributed by atoms with Crippen LogP contribution in [0.5, 0.6) is 17.2 Å². The van der Waals surface area contributed by atoms with Crippen LogP contribution in [-0.2, 0) is 4.74 Å². The lowest BCUT2D eigenvalue weighted by Crippen LogP contribution is -2.33. The predicted molar refractivity (Wildman–Crippen MR) is 53.0 cm³/mol. The summed E-state index contributed by atoms with van der Waals surface area (Å²) in [4.78, 5) is 0. The second-order valence-corrected chi connectivity index (χ2v) is 3.46. The molecule has 15 heavy (non-hydrogen) atoms. The standard InChI is InChI=1S/C10H13NO4/c12-6-3-7(13)10(8(14)4-6)9-5-11-1-2-15-9/h3-4,9,11-14H,1-2,5H2. The molecule has 1 aliphatic rings. The fourth-order valence-corrected chi connectivity index (χ4v) is 1.69. The van der Waals surface area contributed by atoms with Crippen LogP contribution in [0.2, 0.25) is 0 Å². The monoisotopic (exact) mass is 211 g/mol. The van der Waals surface area contributed by atoms with Crippen molar-refractivity contribution >= 4 is 0 Å². The van der Waals surface area contributed by atoms with Gasteiger partial charge in [0, 0.05) is 25.2 Å². The Labute approximate surface area is 86.9 Å². The Morgan fingerprint density at radius 1 is 1.20 bits per heavy atom. The highest BCUT2D eigenvalue weighted by Gasteiger charge is 2.23. The minimum Gasteiger partial charge on any atom is -0.508 e. The van der Waals surface area contributed by atoms with Gasteiger partial charge in [-0.25, -0.2) is 0 Å². The maximum atomic E-state index is 9.60. The third-order valence-corrected chi connectivity index (χ3v) is 2.37. The van der Waals surface area contributed by atoms with Crippen molar-refractivity contribution in [3.8, 4) is 17.2 Å². The van der Waals surface area contributed by atoms with Gasteiger partial charge in [-0.15, -0.1) is 0 Å². The molecule has 0 radical (unpaired) electrons. The Hall–Kier alpha value is -1.46. The van der Waals surface area contributed by atoms with E-state index in [1.54, 1.807) is 0 Å². The summed E-state index contributed by atoms with van der Waals surface area (Å²) in [6, 6.07) is 2.38. The summed E-state index contributed by atoms with van der Waals surface area (Å²) in [5.74, 6) is -0.472. The van der Waals surface area contributed by atoms with Gasteiger partial charge in [-0.05, 0) is 0 Å². The van der Waals surface area contributed by atoms with Crippen molar-refractivity contribution in [3.63, 3.8) is 0 Å². The lowest BCUT2D eigenvalue weighted by molar-refractivity contribution is 0.0248. The average Bonchev–Trinajstić information content (AvgIpc) is 2.17. The summed E-state index contributed by atoms with van der Waals surface area (Å²) < 4.78 is 5.40. The zero-order valence-electron chi connectivity index (χ0n) is 8.10. The molecule has 0 saturated carbocycles. The Kier molecular flexibility index (Phi) is 2.66. The second-order valence-electron chi connectivity index (χ2n) is 3.46. The van der Waals surface area contributed by atoms with Gasteiger partial charge in [0.1, 0.15) is 23.4 Å². The Morgan fingerprint density at radius 2 is 1.87 bits per heavy atom. The molecule has 1 atom stereocenters. The normalized spacial score (nSPS) is 21.5. The molecule has 2 rings (SSSR count). The number of rotatable bonds is 1. The van der Waals surface area contributed by atoms with Gasteiger partial charge in [0.25, 0.3) is 0 Å². The van der Waals surface area contributed by atoms with E-state index in [0.717, 1.165) is 6.54 Å². The molecule has 0 spiro atoms. The third kappa shape index (κ3) is 1.98. The smallest absolute Gasteiger partial charge is 0.128 e. The maximum absolute atomic E-state index is 9.60. The molecule has 5 heteroatoms. The Bertz CT molecular complexity index is 337. The second kappa shape index (κ2) is 3.96. The van der Waals surface area contributed by atoms with Crippen molar-refractivity contribution in [2.45, 2.75) is 6.10 Å². The van der Waals surface area contributed by atoms with Crippen LogP contribution in [0.15, 0.2) is 12.1 Å². The molecular formula is C10H13NO4. The minimum atomic E-state index is -0.376. The number of ether oxygens (including phenoxy) is 1. The first-order valence-corrected chi connectivity index (χ1v) is 4.75. The average molecular weight is 211 g/mol. The van der Waals surface area contributed by atoms with Crippen LogP contribution in [0.3, 0.4) is 0 Å². The van der Waals surface area contributed by atoms with E-state index in [1.807, 2.05) is 0 Å². The Balaban J connectivity index is 2.33. The van der Waals surface area contributed by atoms with Crippen molar-refractivity contribution in [2.75, 3.05) is 19.7 Å². The van der Waals surface area contributed by atoms with E-state index in [2.05, 4.69) is 5.32 Å². The van der Waals surface area contributed by atoms with Crippen molar-refractivity contribution in [1.82, 2.24) is 5.32 Å². The summed E-state index contributed by atoms with van der Waals surface area (Å²) in [5, 5.41) is 31.4. The lowest BCUT2D eigenvalue weighted by Gasteiger charge is -2.25. The highest BCUT2D eigenvalue weighted by molar-refractivity contribution is 5.50. The van der Waals surface area contributed by atoms with Gasteiger partial charge in [-0.3, -0.25) is 0 Å². The zero-order chi connectivity index (χ0) is 10.8. The number of phenols is 3. The minimum absolute atomic E-state index is 0.152. The highest BCUT2D eigenvalue weighted by Crippen LogP contribution is 2.38. The molecule has 1 heterocycles. The maximum Gasteiger partial charge on any atom is 0.128 e. The van der Waals surface area contributed by atoms with E-state index >= 15 is 0 Å². The summed E-state index contributed by atoms with van der Waals surface area (Å²) in [6.07, 6.45) is -0.376. The fraction of sp³-hybridized carbons (Fsp3) is 0.400. The SMILES string of the molecule is Oc1cc(O)c(C2CNCCO2)c(O)c1. The molecular weight excluding hydrogens is 198 g/mol. The van der Waals surface area contributed by atoms with Gasteiger partial charge < -0.3 is 25.4 Å². The summed E-state index contributed by atoms with van der Waals surface area (Å²) >= 11 is 0. The van der Waals surface area contributed by atoms with Crippen molar-refractivity contribution in [2.24, 2.45) is 0 Å². The van der Waals surface area contributed by atoms with Crippen LogP contribution in [0.1, 0.15) is 11.7 Å². The quantitative estimate of drug-likeness (QED) is 0.542. The van der Waals surface area contributed by atoms with Crippen LogP contribution in [0.4, 0.5) is 0 Å². The first kappa shape index (κ1) is 10.1. The van der Waals surface area contributed by atoms with Crippen LogP contribution < -0.4 is 5.32 Å². The molecule has 0 aliphatic carbocycles. The molecule has 0 bridgehead atoms. The summed E-state index contributed by atoms with van der Waals surface area (Å²) in [6.45, 7) is 1.83. The highest BCUT2D eigenvalue weighted by atomic mass is 16.5. The largest absolute Gasteiger partial charge is 0.508 e. The number of hydrogen-bond donors (Lipinski definition) is 4. The molecule has 0 aromatic heterocycles. The molecule has 0 amide bonds. The van der Waals surface area contributed by atoms with E-state index in [1.165, 1.54) is 12.1 Å². The van der Waals surface area contributed by atoms with Gasteiger partial charge in [0.05, 0.1) is 12.2 Å². The van der Waals surface area contributed by atoms with Crippen molar-refractivity contribution < 1.29 is 20.1 Å². The molecule has 1 saturated heterocycles. The molecule has 1 aliphatic heterocycles. The van der Waals surface area contributed by atoms with Crippen LogP contribution in [0.25, 0.3) is 0 Å². The Morgan fingerprint density at radius 3 is 2.40 bits per heavy atom. The van der Waals surface area contributed by atoms with Crippen molar-refractivity contribution in [1.29, 1.82) is 0 Å². The van der Waals surface area contributed by atoms with Gasteiger partial charge >= 0.3 is 0 Å². The van der Waals surface area contributed by atoms with E-state index in [9.17, 15) is 10.2 Å². The lowest BCUT2D eigenvalue weighted by atomic mass is 10.1. The third-order valence-electron chi connectivity index (χ3n) is 2.37. The van der Waals surface area contributed by atoms with E-state index < -0.39 is 0 Å². The van der Waals surface area contributed by atoms with Gasteiger partial charge in [-0.1, -0.05) is 0 Å². The first-order valence-electron chi connectivity index (χ1n) is 4.75. The molecule has 1 unspecified atom stereocenters.